The Kier molecular flexibility index (Phi) is 6.37. The molecule has 78 valence electrons. The minimum absolute atomic E-state index is 0.335. The lowest BCUT2D eigenvalue weighted by Crippen LogP contribution is -1.95. The van der Waals surface area contributed by atoms with E-state index >= 15 is 0 Å². The van der Waals surface area contributed by atoms with E-state index in [1.807, 2.05) is 13.0 Å². The SMILES string of the molecule is COC(=O)/C=C(\C)CC/C=C(\C)C=O. The van der Waals surface area contributed by atoms with E-state index in [1.165, 1.54) is 13.2 Å². The molecule has 0 aliphatic carbocycles. The standard InChI is InChI=1S/C11H16O3/c1-9(7-11(13)14-3)5-4-6-10(2)8-12/h6-8H,4-5H2,1-3H3/b9-7+,10-6+. The number of hydrogen-bond donors (Lipinski definition) is 0. The van der Waals surface area contributed by atoms with E-state index in [9.17, 15) is 9.59 Å². The van der Waals surface area contributed by atoms with Gasteiger partial charge in [0.2, 0.25) is 0 Å². The number of carbonyl (C=O) groups is 2. The van der Waals surface area contributed by atoms with Gasteiger partial charge in [0.05, 0.1) is 7.11 Å². The van der Waals surface area contributed by atoms with Crippen molar-refractivity contribution in [2.75, 3.05) is 7.11 Å². The minimum Gasteiger partial charge on any atom is -0.466 e. The molecule has 0 aliphatic rings. The van der Waals surface area contributed by atoms with Crippen molar-refractivity contribution < 1.29 is 14.3 Å². The van der Waals surface area contributed by atoms with Crippen LogP contribution in [0.15, 0.2) is 23.3 Å². The number of methoxy groups -OCH3 is 1. The summed E-state index contributed by atoms with van der Waals surface area (Å²) >= 11 is 0. The summed E-state index contributed by atoms with van der Waals surface area (Å²) in [5.74, 6) is -0.335. The lowest BCUT2D eigenvalue weighted by atomic mass is 10.1. The average molecular weight is 196 g/mol. The van der Waals surface area contributed by atoms with Gasteiger partial charge < -0.3 is 4.74 Å². The van der Waals surface area contributed by atoms with Crippen LogP contribution in [0.1, 0.15) is 26.7 Å². The molecule has 0 aromatic rings. The predicted molar refractivity (Wildman–Crippen MR) is 54.8 cm³/mol. The highest BCUT2D eigenvalue weighted by Gasteiger charge is 1.95. The molecule has 0 heterocycles. The van der Waals surface area contributed by atoms with Crippen molar-refractivity contribution in [3.05, 3.63) is 23.3 Å². The van der Waals surface area contributed by atoms with E-state index in [0.717, 1.165) is 30.3 Å². The lowest BCUT2D eigenvalue weighted by molar-refractivity contribution is -0.134. The summed E-state index contributed by atoms with van der Waals surface area (Å²) in [5, 5.41) is 0. The van der Waals surface area contributed by atoms with Crippen LogP contribution in [0, 0.1) is 0 Å². The largest absolute Gasteiger partial charge is 0.466 e. The van der Waals surface area contributed by atoms with E-state index in [-0.39, 0.29) is 5.97 Å². The topological polar surface area (TPSA) is 43.4 Å². The Morgan fingerprint density at radius 3 is 2.50 bits per heavy atom. The molecule has 0 saturated carbocycles. The molecule has 0 bridgehead atoms. The Morgan fingerprint density at radius 1 is 1.36 bits per heavy atom. The van der Waals surface area contributed by atoms with Gasteiger partial charge in [0, 0.05) is 6.08 Å². The van der Waals surface area contributed by atoms with Gasteiger partial charge in [-0.1, -0.05) is 11.6 Å². The third kappa shape index (κ3) is 6.17. The van der Waals surface area contributed by atoms with Crippen LogP contribution < -0.4 is 0 Å². The van der Waals surface area contributed by atoms with Gasteiger partial charge >= 0.3 is 5.97 Å². The second-order valence-electron chi connectivity index (χ2n) is 3.12. The number of hydrogen-bond acceptors (Lipinski definition) is 3. The summed E-state index contributed by atoms with van der Waals surface area (Å²) in [6.07, 6.45) is 5.66. The van der Waals surface area contributed by atoms with E-state index in [1.54, 1.807) is 6.92 Å². The first-order chi connectivity index (χ1) is 6.60. The van der Waals surface area contributed by atoms with Gasteiger partial charge in [-0.3, -0.25) is 4.79 Å². The number of allylic oxidation sites excluding steroid dienone is 3. The Balaban J connectivity index is 3.96. The van der Waals surface area contributed by atoms with Gasteiger partial charge in [0.25, 0.3) is 0 Å². The fourth-order valence-electron chi connectivity index (χ4n) is 0.908. The Labute approximate surface area is 84.4 Å². The molecule has 0 radical (unpaired) electrons. The fourth-order valence-corrected chi connectivity index (χ4v) is 0.908. The van der Waals surface area contributed by atoms with Crippen molar-refractivity contribution in [2.24, 2.45) is 0 Å². The molecule has 0 aliphatic heterocycles. The number of rotatable bonds is 5. The first kappa shape index (κ1) is 12.6. The Morgan fingerprint density at radius 2 is 2.00 bits per heavy atom. The van der Waals surface area contributed by atoms with Crippen LogP contribution in [0.5, 0.6) is 0 Å². The van der Waals surface area contributed by atoms with Crippen molar-refractivity contribution in [1.29, 1.82) is 0 Å². The van der Waals surface area contributed by atoms with Crippen molar-refractivity contribution in [3.8, 4) is 0 Å². The van der Waals surface area contributed by atoms with Crippen LogP contribution >= 0.6 is 0 Å². The second-order valence-corrected chi connectivity index (χ2v) is 3.12. The van der Waals surface area contributed by atoms with Crippen molar-refractivity contribution in [2.45, 2.75) is 26.7 Å². The second kappa shape index (κ2) is 7.06. The molecule has 0 spiro atoms. The van der Waals surface area contributed by atoms with Crippen LogP contribution in [-0.2, 0) is 14.3 Å². The van der Waals surface area contributed by atoms with Crippen LogP contribution in [0.2, 0.25) is 0 Å². The monoisotopic (exact) mass is 196 g/mol. The molecule has 0 saturated heterocycles. The van der Waals surface area contributed by atoms with Crippen LogP contribution in [-0.4, -0.2) is 19.4 Å². The van der Waals surface area contributed by atoms with Gasteiger partial charge in [-0.15, -0.1) is 0 Å². The van der Waals surface area contributed by atoms with E-state index in [2.05, 4.69) is 4.74 Å². The maximum absolute atomic E-state index is 10.8. The summed E-state index contributed by atoms with van der Waals surface area (Å²) in [7, 11) is 1.35. The minimum atomic E-state index is -0.335. The summed E-state index contributed by atoms with van der Waals surface area (Å²) in [5.41, 5.74) is 1.67. The van der Waals surface area contributed by atoms with Crippen molar-refractivity contribution in [1.82, 2.24) is 0 Å². The number of ether oxygens (including phenoxy) is 1. The molecule has 3 heteroatoms. The first-order valence-electron chi connectivity index (χ1n) is 4.47. The lowest BCUT2D eigenvalue weighted by Gasteiger charge is -1.97. The third-order valence-corrected chi connectivity index (χ3v) is 1.76. The van der Waals surface area contributed by atoms with Gasteiger partial charge in [0.1, 0.15) is 6.29 Å². The van der Waals surface area contributed by atoms with Crippen LogP contribution in [0.25, 0.3) is 0 Å². The predicted octanol–water partition coefficient (Wildman–Crippen LogP) is 2.03. The number of esters is 1. The molecule has 0 aromatic heterocycles. The normalized spacial score (nSPS) is 12.5. The van der Waals surface area contributed by atoms with Crippen molar-refractivity contribution >= 4 is 12.3 Å². The zero-order chi connectivity index (χ0) is 11.0. The van der Waals surface area contributed by atoms with E-state index in [4.69, 9.17) is 0 Å². The van der Waals surface area contributed by atoms with Crippen LogP contribution in [0.4, 0.5) is 0 Å². The first-order valence-corrected chi connectivity index (χ1v) is 4.47. The average Bonchev–Trinajstić information content (AvgIpc) is 2.17. The maximum atomic E-state index is 10.8. The highest BCUT2D eigenvalue weighted by Crippen LogP contribution is 2.06. The smallest absolute Gasteiger partial charge is 0.330 e. The van der Waals surface area contributed by atoms with E-state index in [0.29, 0.717) is 0 Å². The summed E-state index contributed by atoms with van der Waals surface area (Å²) < 4.78 is 4.48. The zero-order valence-corrected chi connectivity index (χ0v) is 8.87. The number of aldehydes is 1. The quantitative estimate of drug-likeness (QED) is 0.384. The zero-order valence-electron chi connectivity index (χ0n) is 8.87. The summed E-state index contributed by atoms with van der Waals surface area (Å²) in [6, 6.07) is 0. The van der Waals surface area contributed by atoms with Crippen molar-refractivity contribution in [3.63, 3.8) is 0 Å². The molecule has 0 amide bonds. The van der Waals surface area contributed by atoms with Crippen LogP contribution in [0.3, 0.4) is 0 Å². The molecule has 0 atom stereocenters. The molecule has 0 aromatic carbocycles. The molecule has 0 unspecified atom stereocenters. The molecule has 3 nitrogen and oxygen atoms in total. The fraction of sp³-hybridized carbons (Fsp3) is 0.455. The molecular weight excluding hydrogens is 180 g/mol. The third-order valence-electron chi connectivity index (χ3n) is 1.76. The Hall–Kier alpha value is -1.38. The molecular formula is C11H16O3. The molecule has 0 rings (SSSR count). The highest BCUT2D eigenvalue weighted by molar-refractivity contribution is 5.82. The summed E-state index contributed by atoms with van der Waals surface area (Å²) in [6.45, 7) is 3.62. The maximum Gasteiger partial charge on any atom is 0.330 e. The van der Waals surface area contributed by atoms with Gasteiger partial charge in [-0.05, 0) is 32.3 Å². The summed E-state index contributed by atoms with van der Waals surface area (Å²) in [4.78, 5) is 21.1. The van der Waals surface area contributed by atoms with Gasteiger partial charge in [-0.25, -0.2) is 4.79 Å². The Bertz CT molecular complexity index is 262. The molecule has 0 fully saturated rings. The molecule has 0 N–H and O–H groups in total. The van der Waals surface area contributed by atoms with Gasteiger partial charge in [-0.2, -0.15) is 0 Å². The molecule has 14 heavy (non-hydrogen) atoms. The number of carbonyl (C=O) groups excluding carboxylic acids is 2. The van der Waals surface area contributed by atoms with Gasteiger partial charge in [0.15, 0.2) is 0 Å². The van der Waals surface area contributed by atoms with E-state index < -0.39 is 0 Å². The highest BCUT2D eigenvalue weighted by atomic mass is 16.5.